The van der Waals surface area contributed by atoms with Crippen LogP contribution in [0.15, 0.2) is 60.8 Å². The number of hydrogen-bond donors (Lipinski definition) is 2. The van der Waals surface area contributed by atoms with Gasteiger partial charge in [-0.15, -0.1) is 0 Å². The Morgan fingerprint density at radius 1 is 0.964 bits per heavy atom. The third-order valence-electron chi connectivity index (χ3n) is 4.25. The number of carbonyl (C=O) groups excluding carboxylic acids is 2. The second-order valence-corrected chi connectivity index (χ2v) is 6.36. The van der Waals surface area contributed by atoms with Crippen molar-refractivity contribution in [2.24, 2.45) is 0 Å². The largest absolute Gasteiger partial charge is 0.465 e. The summed E-state index contributed by atoms with van der Waals surface area (Å²) >= 11 is 0. The smallest absolute Gasteiger partial charge is 0.339 e. The molecule has 0 unspecified atom stereocenters. The molecule has 1 amide bonds. The Morgan fingerprint density at radius 2 is 1.75 bits per heavy atom. The molecule has 2 aromatic carbocycles. The molecular weight excluding hydrogens is 354 g/mol. The van der Waals surface area contributed by atoms with Gasteiger partial charge in [-0.3, -0.25) is 4.79 Å². The van der Waals surface area contributed by atoms with Gasteiger partial charge in [-0.25, -0.2) is 9.78 Å². The maximum atomic E-state index is 12.7. The van der Waals surface area contributed by atoms with Crippen molar-refractivity contribution in [2.75, 3.05) is 17.7 Å². The van der Waals surface area contributed by atoms with Crippen molar-refractivity contribution in [3.8, 4) is 0 Å². The number of aryl methyl sites for hydroxylation is 2. The van der Waals surface area contributed by atoms with Crippen LogP contribution in [0.4, 0.5) is 17.2 Å². The highest BCUT2D eigenvalue weighted by molar-refractivity contribution is 6.08. The van der Waals surface area contributed by atoms with E-state index in [9.17, 15) is 9.59 Å². The van der Waals surface area contributed by atoms with Crippen molar-refractivity contribution in [2.45, 2.75) is 13.8 Å². The van der Waals surface area contributed by atoms with Crippen LogP contribution in [-0.2, 0) is 4.74 Å². The summed E-state index contributed by atoms with van der Waals surface area (Å²) in [6, 6.07) is 16.0. The van der Waals surface area contributed by atoms with Gasteiger partial charge >= 0.3 is 5.97 Å². The number of rotatable bonds is 5. The number of methoxy groups -OCH3 is 1. The predicted molar refractivity (Wildman–Crippen MR) is 109 cm³/mol. The second kappa shape index (κ2) is 8.35. The molecule has 0 spiro atoms. The number of pyridine rings is 1. The summed E-state index contributed by atoms with van der Waals surface area (Å²) in [5.41, 5.74) is 4.28. The minimum atomic E-state index is -0.511. The topological polar surface area (TPSA) is 80.3 Å². The number of nitrogens with one attached hydrogen (secondary N) is 2. The third kappa shape index (κ3) is 4.35. The second-order valence-electron chi connectivity index (χ2n) is 6.36. The molecule has 0 radical (unpaired) electrons. The number of aromatic nitrogens is 1. The number of nitrogens with zero attached hydrogens (tertiary/aromatic N) is 1. The number of amides is 1. The number of carbonyl (C=O) groups is 2. The molecule has 0 saturated carbocycles. The Labute approximate surface area is 163 Å². The first kappa shape index (κ1) is 19.1. The highest BCUT2D eigenvalue weighted by atomic mass is 16.5. The highest BCUT2D eigenvalue weighted by Gasteiger charge is 2.15. The van der Waals surface area contributed by atoms with Gasteiger partial charge in [0.25, 0.3) is 5.91 Å². The monoisotopic (exact) mass is 375 g/mol. The van der Waals surface area contributed by atoms with Gasteiger partial charge in [-0.05, 0) is 49.7 Å². The van der Waals surface area contributed by atoms with Gasteiger partial charge in [0.15, 0.2) is 0 Å². The molecule has 0 bridgehead atoms. The zero-order valence-corrected chi connectivity index (χ0v) is 15.9. The Hall–Kier alpha value is -3.67. The standard InChI is InChI=1S/C22H21N3O3/c1-14-8-9-18(15(2)12-14)24-20-13-16(10-11-23-20)21(26)25-19-7-5-4-6-17(19)22(27)28-3/h4-13H,1-3H3,(H,23,24)(H,25,26). The fraction of sp³-hybridized carbons (Fsp3) is 0.136. The fourth-order valence-electron chi connectivity index (χ4n) is 2.81. The Kier molecular flexibility index (Phi) is 5.69. The molecule has 0 aliphatic heterocycles. The summed E-state index contributed by atoms with van der Waals surface area (Å²) in [4.78, 5) is 28.8. The summed E-state index contributed by atoms with van der Waals surface area (Å²) in [6.45, 7) is 4.04. The first-order valence-corrected chi connectivity index (χ1v) is 8.77. The molecule has 0 aliphatic carbocycles. The molecule has 0 saturated heterocycles. The van der Waals surface area contributed by atoms with E-state index in [-0.39, 0.29) is 5.91 Å². The Bertz CT molecular complexity index is 1030. The number of ether oxygens (including phenoxy) is 1. The molecule has 3 aromatic rings. The number of benzene rings is 2. The summed E-state index contributed by atoms with van der Waals surface area (Å²) in [7, 11) is 1.30. The predicted octanol–water partition coefficient (Wildman–Crippen LogP) is 4.48. The molecular formula is C22H21N3O3. The first-order chi connectivity index (χ1) is 13.5. The summed E-state index contributed by atoms with van der Waals surface area (Å²) in [6.07, 6.45) is 1.56. The van der Waals surface area contributed by atoms with Gasteiger partial charge in [0.1, 0.15) is 5.82 Å². The van der Waals surface area contributed by atoms with Crippen molar-refractivity contribution >= 4 is 29.1 Å². The number of anilines is 3. The number of hydrogen-bond acceptors (Lipinski definition) is 5. The molecule has 0 aliphatic rings. The quantitative estimate of drug-likeness (QED) is 0.643. The highest BCUT2D eigenvalue weighted by Crippen LogP contribution is 2.22. The van der Waals surface area contributed by atoms with Gasteiger partial charge in [-0.1, -0.05) is 29.8 Å². The minimum Gasteiger partial charge on any atom is -0.465 e. The average Bonchev–Trinajstić information content (AvgIpc) is 2.70. The van der Waals surface area contributed by atoms with Gasteiger partial charge in [0.2, 0.25) is 0 Å². The van der Waals surface area contributed by atoms with Crippen LogP contribution in [-0.4, -0.2) is 24.0 Å². The van der Waals surface area contributed by atoms with E-state index in [1.165, 1.54) is 12.7 Å². The van der Waals surface area contributed by atoms with E-state index in [0.29, 0.717) is 22.6 Å². The summed E-state index contributed by atoms with van der Waals surface area (Å²) in [5.74, 6) is -0.300. The van der Waals surface area contributed by atoms with Crippen LogP contribution in [0, 0.1) is 13.8 Å². The molecule has 28 heavy (non-hydrogen) atoms. The van der Waals surface area contributed by atoms with Crippen molar-refractivity contribution in [1.82, 2.24) is 4.98 Å². The van der Waals surface area contributed by atoms with E-state index in [1.54, 1.807) is 42.6 Å². The third-order valence-corrected chi connectivity index (χ3v) is 4.25. The van der Waals surface area contributed by atoms with E-state index in [2.05, 4.69) is 21.7 Å². The van der Waals surface area contributed by atoms with Crippen LogP contribution in [0.5, 0.6) is 0 Å². The zero-order chi connectivity index (χ0) is 20.1. The molecule has 1 heterocycles. The van der Waals surface area contributed by atoms with Crippen molar-refractivity contribution in [3.05, 3.63) is 83.0 Å². The minimum absolute atomic E-state index is 0.293. The SMILES string of the molecule is COC(=O)c1ccccc1NC(=O)c1ccnc(Nc2ccc(C)cc2C)c1. The van der Waals surface area contributed by atoms with E-state index in [4.69, 9.17) is 4.74 Å². The van der Waals surface area contributed by atoms with Crippen LogP contribution in [0.1, 0.15) is 31.8 Å². The molecule has 6 heteroatoms. The summed E-state index contributed by atoms with van der Waals surface area (Å²) < 4.78 is 4.76. The van der Waals surface area contributed by atoms with E-state index >= 15 is 0 Å². The van der Waals surface area contributed by atoms with E-state index < -0.39 is 5.97 Å². The normalized spacial score (nSPS) is 10.2. The summed E-state index contributed by atoms with van der Waals surface area (Å²) in [5, 5.41) is 5.99. The van der Waals surface area contributed by atoms with Gasteiger partial charge in [0.05, 0.1) is 18.4 Å². The lowest BCUT2D eigenvalue weighted by molar-refractivity contribution is 0.0602. The molecule has 6 nitrogen and oxygen atoms in total. The Morgan fingerprint density at radius 3 is 2.50 bits per heavy atom. The number of esters is 1. The maximum Gasteiger partial charge on any atom is 0.339 e. The molecule has 142 valence electrons. The molecule has 1 aromatic heterocycles. The van der Waals surface area contributed by atoms with Crippen LogP contribution >= 0.6 is 0 Å². The average molecular weight is 375 g/mol. The first-order valence-electron chi connectivity index (χ1n) is 8.77. The van der Waals surface area contributed by atoms with Gasteiger partial charge in [-0.2, -0.15) is 0 Å². The molecule has 2 N–H and O–H groups in total. The van der Waals surface area contributed by atoms with Crippen molar-refractivity contribution in [1.29, 1.82) is 0 Å². The zero-order valence-electron chi connectivity index (χ0n) is 15.9. The molecule has 0 atom stereocenters. The lowest BCUT2D eigenvalue weighted by Gasteiger charge is -2.12. The van der Waals surface area contributed by atoms with Crippen molar-refractivity contribution < 1.29 is 14.3 Å². The van der Waals surface area contributed by atoms with E-state index in [0.717, 1.165) is 11.3 Å². The van der Waals surface area contributed by atoms with Crippen LogP contribution < -0.4 is 10.6 Å². The molecule has 3 rings (SSSR count). The number of para-hydroxylation sites is 1. The van der Waals surface area contributed by atoms with E-state index in [1.807, 2.05) is 26.0 Å². The van der Waals surface area contributed by atoms with Gasteiger partial charge < -0.3 is 15.4 Å². The fourth-order valence-corrected chi connectivity index (χ4v) is 2.81. The lowest BCUT2D eigenvalue weighted by Crippen LogP contribution is -2.15. The van der Waals surface area contributed by atoms with Crippen molar-refractivity contribution in [3.63, 3.8) is 0 Å². The Balaban J connectivity index is 1.81. The van der Waals surface area contributed by atoms with Crippen LogP contribution in [0.25, 0.3) is 0 Å². The van der Waals surface area contributed by atoms with Crippen LogP contribution in [0.2, 0.25) is 0 Å². The molecule has 0 fully saturated rings. The maximum absolute atomic E-state index is 12.7. The van der Waals surface area contributed by atoms with Gasteiger partial charge in [0, 0.05) is 17.4 Å². The lowest BCUT2D eigenvalue weighted by atomic mass is 10.1. The van der Waals surface area contributed by atoms with Crippen LogP contribution in [0.3, 0.4) is 0 Å².